The van der Waals surface area contributed by atoms with Crippen LogP contribution in [-0.4, -0.2) is 55.9 Å². The number of hydrogen-bond donors (Lipinski definition) is 2. The monoisotopic (exact) mass is 456 g/mol. The van der Waals surface area contributed by atoms with Gasteiger partial charge in [-0.3, -0.25) is 4.79 Å². The topological polar surface area (TPSA) is 120 Å². The van der Waals surface area contributed by atoms with Crippen LogP contribution in [0.3, 0.4) is 0 Å². The average Bonchev–Trinajstić information content (AvgIpc) is 2.80. The Morgan fingerprint density at radius 2 is 1.64 bits per heavy atom. The van der Waals surface area contributed by atoms with Gasteiger partial charge in [-0.25, -0.2) is 10.6 Å². The summed E-state index contributed by atoms with van der Waals surface area (Å²) >= 11 is 0. The molecule has 2 aromatic carbocycles. The quantitative estimate of drug-likeness (QED) is 0.301. The molecular formula is C24H32N4O5. The molecule has 9 heteroatoms. The number of ether oxygens (including phenoxy) is 3. The van der Waals surface area contributed by atoms with E-state index in [0.29, 0.717) is 35.9 Å². The highest BCUT2D eigenvalue weighted by Crippen LogP contribution is 2.19. The zero-order valence-corrected chi connectivity index (χ0v) is 19.3. The third kappa shape index (κ3) is 8.38. The highest BCUT2D eigenvalue weighted by Gasteiger charge is 2.15. The maximum atomic E-state index is 12.4. The van der Waals surface area contributed by atoms with Gasteiger partial charge in [0.15, 0.2) is 0 Å². The van der Waals surface area contributed by atoms with Crippen LogP contribution in [0, 0.1) is 0 Å². The van der Waals surface area contributed by atoms with E-state index in [2.05, 4.69) is 0 Å². The van der Waals surface area contributed by atoms with Crippen molar-refractivity contribution in [3.05, 3.63) is 71.4 Å². The van der Waals surface area contributed by atoms with E-state index in [9.17, 15) is 9.59 Å². The highest BCUT2D eigenvalue weighted by atomic mass is 16.6. The van der Waals surface area contributed by atoms with Gasteiger partial charge < -0.3 is 29.9 Å². The number of hydrogen-bond acceptors (Lipinski definition) is 8. The van der Waals surface area contributed by atoms with Gasteiger partial charge in [0.1, 0.15) is 12.4 Å². The molecule has 1 amide bonds. The smallest absolute Gasteiger partial charge is 0.410 e. The van der Waals surface area contributed by atoms with Gasteiger partial charge in [0.05, 0.1) is 31.0 Å². The van der Waals surface area contributed by atoms with Crippen LogP contribution in [0.25, 0.3) is 5.70 Å². The minimum absolute atomic E-state index is 0.0887. The third-order valence-electron chi connectivity index (χ3n) is 4.69. The summed E-state index contributed by atoms with van der Waals surface area (Å²) in [5.41, 5.74) is 8.81. The SMILES string of the molecule is CCOC(=O)CCOc1ccc(/C(N)=C(\COC(=O)N(C)Cc2ccccc2)N(C)N)cc1. The number of esters is 1. The van der Waals surface area contributed by atoms with Crippen molar-refractivity contribution in [2.24, 2.45) is 11.6 Å². The van der Waals surface area contributed by atoms with Gasteiger partial charge in [0.25, 0.3) is 0 Å². The first kappa shape index (κ1) is 25.5. The summed E-state index contributed by atoms with van der Waals surface area (Å²) < 4.78 is 15.8. The molecule has 0 aliphatic rings. The fraction of sp³-hybridized carbons (Fsp3) is 0.333. The van der Waals surface area contributed by atoms with Gasteiger partial charge in [-0.2, -0.15) is 0 Å². The van der Waals surface area contributed by atoms with Crippen molar-refractivity contribution < 1.29 is 23.8 Å². The molecule has 0 aromatic heterocycles. The number of carbonyl (C=O) groups excluding carboxylic acids is 2. The zero-order valence-electron chi connectivity index (χ0n) is 19.3. The first-order valence-corrected chi connectivity index (χ1v) is 10.6. The van der Waals surface area contributed by atoms with Gasteiger partial charge in [-0.1, -0.05) is 30.3 Å². The minimum atomic E-state index is -0.489. The van der Waals surface area contributed by atoms with Gasteiger partial charge in [-0.15, -0.1) is 0 Å². The molecule has 0 aliphatic carbocycles. The first-order valence-electron chi connectivity index (χ1n) is 10.6. The minimum Gasteiger partial charge on any atom is -0.493 e. The van der Waals surface area contributed by atoms with Crippen molar-refractivity contribution in [1.29, 1.82) is 0 Å². The summed E-state index contributed by atoms with van der Waals surface area (Å²) in [6.45, 7) is 2.65. The molecule has 33 heavy (non-hydrogen) atoms. The summed E-state index contributed by atoms with van der Waals surface area (Å²) in [6.07, 6.45) is -0.319. The number of amides is 1. The summed E-state index contributed by atoms with van der Waals surface area (Å²) in [6, 6.07) is 16.6. The van der Waals surface area contributed by atoms with Gasteiger partial charge in [0.2, 0.25) is 0 Å². The molecule has 0 bridgehead atoms. The lowest BCUT2D eigenvalue weighted by molar-refractivity contribution is -0.143. The maximum Gasteiger partial charge on any atom is 0.410 e. The Morgan fingerprint density at radius 1 is 0.970 bits per heavy atom. The number of carbonyl (C=O) groups is 2. The third-order valence-corrected chi connectivity index (χ3v) is 4.69. The van der Waals surface area contributed by atoms with Crippen molar-refractivity contribution in [1.82, 2.24) is 9.91 Å². The number of nitrogens with two attached hydrogens (primary N) is 2. The lowest BCUT2D eigenvalue weighted by Gasteiger charge is -2.22. The molecule has 0 heterocycles. The van der Waals surface area contributed by atoms with Crippen molar-refractivity contribution in [3.63, 3.8) is 0 Å². The number of hydrazine groups is 1. The zero-order chi connectivity index (χ0) is 24.2. The van der Waals surface area contributed by atoms with E-state index in [1.54, 1.807) is 45.3 Å². The Labute approximate surface area is 194 Å². The van der Waals surface area contributed by atoms with Gasteiger partial charge in [0, 0.05) is 20.6 Å². The van der Waals surface area contributed by atoms with E-state index >= 15 is 0 Å². The summed E-state index contributed by atoms with van der Waals surface area (Å²) in [5.74, 6) is 6.22. The molecule has 2 rings (SSSR count). The Bertz CT molecular complexity index is 930. The Morgan fingerprint density at radius 3 is 2.24 bits per heavy atom. The molecule has 0 aliphatic heterocycles. The predicted octanol–water partition coefficient (Wildman–Crippen LogP) is 2.72. The first-order chi connectivity index (χ1) is 15.8. The van der Waals surface area contributed by atoms with Crippen molar-refractivity contribution in [3.8, 4) is 5.75 Å². The second-order valence-electron chi connectivity index (χ2n) is 7.30. The van der Waals surface area contributed by atoms with Crippen LogP contribution in [0.15, 0.2) is 60.3 Å². The molecule has 0 spiro atoms. The van der Waals surface area contributed by atoms with Gasteiger partial charge >= 0.3 is 12.1 Å². The average molecular weight is 457 g/mol. The molecule has 0 atom stereocenters. The van der Waals surface area contributed by atoms with E-state index < -0.39 is 6.09 Å². The normalized spacial score (nSPS) is 11.3. The molecule has 0 saturated heterocycles. The lowest BCUT2D eigenvalue weighted by Crippen LogP contribution is -2.33. The Balaban J connectivity index is 1.96. The van der Waals surface area contributed by atoms with Crippen molar-refractivity contribution in [2.75, 3.05) is 33.9 Å². The Kier molecular flexibility index (Phi) is 10.0. The van der Waals surface area contributed by atoms with Crippen LogP contribution in [-0.2, 0) is 20.8 Å². The van der Waals surface area contributed by atoms with E-state index in [0.717, 1.165) is 5.56 Å². The summed E-state index contributed by atoms with van der Waals surface area (Å²) in [7, 11) is 3.28. The lowest BCUT2D eigenvalue weighted by atomic mass is 10.1. The number of rotatable bonds is 11. The molecule has 178 valence electrons. The summed E-state index contributed by atoms with van der Waals surface area (Å²) in [4.78, 5) is 25.3. The molecule has 0 saturated carbocycles. The molecular weight excluding hydrogens is 424 g/mol. The van der Waals surface area contributed by atoms with Crippen molar-refractivity contribution in [2.45, 2.75) is 19.9 Å². The van der Waals surface area contributed by atoms with Crippen LogP contribution in [0.5, 0.6) is 5.75 Å². The summed E-state index contributed by atoms with van der Waals surface area (Å²) in [5, 5.41) is 1.32. The maximum absolute atomic E-state index is 12.4. The fourth-order valence-electron chi connectivity index (χ4n) is 2.91. The second kappa shape index (κ2) is 13.0. The number of likely N-dealkylation sites (N-methyl/N-ethyl adjacent to an activating group) is 1. The highest BCUT2D eigenvalue weighted by molar-refractivity contribution is 5.70. The molecule has 0 radical (unpaired) electrons. The van der Waals surface area contributed by atoms with E-state index in [1.165, 1.54) is 9.91 Å². The number of benzene rings is 2. The molecule has 4 N–H and O–H groups in total. The Hall–Kier alpha value is -3.72. The van der Waals surface area contributed by atoms with E-state index in [-0.39, 0.29) is 25.6 Å². The largest absolute Gasteiger partial charge is 0.493 e. The van der Waals surface area contributed by atoms with Crippen LogP contribution in [0.1, 0.15) is 24.5 Å². The van der Waals surface area contributed by atoms with E-state index in [4.69, 9.17) is 25.8 Å². The van der Waals surface area contributed by atoms with Crippen LogP contribution in [0.2, 0.25) is 0 Å². The van der Waals surface area contributed by atoms with Crippen LogP contribution >= 0.6 is 0 Å². The number of nitrogens with zero attached hydrogens (tertiary/aromatic N) is 2. The fourth-order valence-corrected chi connectivity index (χ4v) is 2.91. The molecule has 9 nitrogen and oxygen atoms in total. The van der Waals surface area contributed by atoms with Crippen LogP contribution in [0.4, 0.5) is 4.79 Å². The van der Waals surface area contributed by atoms with Gasteiger partial charge in [-0.05, 0) is 42.3 Å². The molecule has 0 fully saturated rings. The van der Waals surface area contributed by atoms with Crippen molar-refractivity contribution >= 4 is 17.8 Å². The van der Waals surface area contributed by atoms with Crippen LogP contribution < -0.4 is 16.3 Å². The predicted molar refractivity (Wildman–Crippen MR) is 126 cm³/mol. The van der Waals surface area contributed by atoms with E-state index in [1.807, 2.05) is 30.3 Å². The molecule has 2 aromatic rings. The second-order valence-corrected chi connectivity index (χ2v) is 7.30. The molecule has 0 unspecified atom stereocenters. The standard InChI is InChI=1S/C24H32N4O5/c1-4-31-22(29)14-15-32-20-12-10-19(11-13-20)23(25)21(28(3)26)17-33-24(30)27(2)16-18-8-6-5-7-9-18/h5-13H,4,14-17,25-26H2,1-3H3/b23-21-.